The Morgan fingerprint density at radius 2 is 2.15 bits per heavy atom. The van der Waals surface area contributed by atoms with E-state index in [1.165, 1.54) is 12.1 Å². The summed E-state index contributed by atoms with van der Waals surface area (Å²) in [5.41, 5.74) is 6.20. The van der Waals surface area contributed by atoms with Gasteiger partial charge in [-0.3, -0.25) is 10.1 Å². The van der Waals surface area contributed by atoms with Crippen LogP contribution in [-0.4, -0.2) is 17.0 Å². The van der Waals surface area contributed by atoms with Gasteiger partial charge >= 0.3 is 0 Å². The third-order valence-electron chi connectivity index (χ3n) is 2.54. The van der Waals surface area contributed by atoms with Crippen molar-refractivity contribution in [3.05, 3.63) is 52.1 Å². The Labute approximate surface area is 115 Å². The van der Waals surface area contributed by atoms with Gasteiger partial charge in [-0.15, -0.1) is 0 Å². The first-order valence-electron chi connectivity index (χ1n) is 5.76. The van der Waals surface area contributed by atoms with E-state index < -0.39 is 4.92 Å². The van der Waals surface area contributed by atoms with Crippen molar-refractivity contribution >= 4 is 11.5 Å². The van der Waals surface area contributed by atoms with Gasteiger partial charge in [0, 0.05) is 0 Å². The van der Waals surface area contributed by atoms with Gasteiger partial charge in [0.2, 0.25) is 5.88 Å². The first kappa shape index (κ1) is 13.6. The molecule has 0 aliphatic carbocycles. The van der Waals surface area contributed by atoms with Gasteiger partial charge in [-0.2, -0.15) is 4.98 Å². The fourth-order valence-electron chi connectivity index (χ4n) is 1.61. The van der Waals surface area contributed by atoms with E-state index in [4.69, 9.17) is 15.2 Å². The first-order valence-corrected chi connectivity index (χ1v) is 5.76. The summed E-state index contributed by atoms with van der Waals surface area (Å²) in [5, 5.41) is 10.7. The molecule has 0 saturated carbocycles. The van der Waals surface area contributed by atoms with Crippen LogP contribution in [0.4, 0.5) is 11.5 Å². The molecule has 0 bridgehead atoms. The SMILES string of the molecule is COc1cccc(COc2cc([N+](=O)[O-])cc(N)n2)c1. The molecular weight excluding hydrogens is 262 g/mol. The number of rotatable bonds is 5. The van der Waals surface area contributed by atoms with Crippen molar-refractivity contribution in [3.63, 3.8) is 0 Å². The van der Waals surface area contributed by atoms with E-state index in [0.717, 1.165) is 5.56 Å². The largest absolute Gasteiger partial charge is 0.497 e. The van der Waals surface area contributed by atoms with Gasteiger partial charge in [0.1, 0.15) is 18.2 Å². The fourth-order valence-corrected chi connectivity index (χ4v) is 1.61. The maximum absolute atomic E-state index is 10.7. The van der Waals surface area contributed by atoms with Crippen molar-refractivity contribution in [1.29, 1.82) is 0 Å². The second kappa shape index (κ2) is 5.87. The van der Waals surface area contributed by atoms with Gasteiger partial charge in [-0.1, -0.05) is 12.1 Å². The van der Waals surface area contributed by atoms with E-state index in [0.29, 0.717) is 5.75 Å². The number of aromatic nitrogens is 1. The molecule has 0 atom stereocenters. The number of nitrogens with zero attached hydrogens (tertiary/aromatic N) is 2. The average molecular weight is 275 g/mol. The fraction of sp³-hybridized carbons (Fsp3) is 0.154. The number of ether oxygens (including phenoxy) is 2. The average Bonchev–Trinajstić information content (AvgIpc) is 2.44. The standard InChI is InChI=1S/C13H13N3O4/c1-19-11-4-2-3-9(5-11)8-20-13-7-10(16(17)18)6-12(14)15-13/h2-7H,8H2,1H3,(H2,14,15). The maximum Gasteiger partial charge on any atom is 0.278 e. The highest BCUT2D eigenvalue weighted by atomic mass is 16.6. The quantitative estimate of drug-likeness (QED) is 0.662. The van der Waals surface area contributed by atoms with Gasteiger partial charge in [0.05, 0.1) is 24.2 Å². The van der Waals surface area contributed by atoms with E-state index in [2.05, 4.69) is 4.98 Å². The number of nitro groups is 1. The molecule has 1 heterocycles. The van der Waals surface area contributed by atoms with Crippen molar-refractivity contribution in [2.45, 2.75) is 6.61 Å². The smallest absolute Gasteiger partial charge is 0.278 e. The molecule has 0 radical (unpaired) electrons. The second-order valence-electron chi connectivity index (χ2n) is 3.99. The summed E-state index contributed by atoms with van der Waals surface area (Å²) >= 11 is 0. The van der Waals surface area contributed by atoms with Crippen molar-refractivity contribution in [3.8, 4) is 11.6 Å². The molecule has 20 heavy (non-hydrogen) atoms. The van der Waals surface area contributed by atoms with Crippen LogP contribution in [0.15, 0.2) is 36.4 Å². The number of hydrogen-bond donors (Lipinski definition) is 1. The highest BCUT2D eigenvalue weighted by molar-refractivity contribution is 5.45. The molecule has 2 N–H and O–H groups in total. The Kier molecular flexibility index (Phi) is 3.99. The van der Waals surface area contributed by atoms with Crippen LogP contribution in [-0.2, 0) is 6.61 Å². The zero-order valence-electron chi connectivity index (χ0n) is 10.8. The van der Waals surface area contributed by atoms with Crippen LogP contribution >= 0.6 is 0 Å². The number of nitrogens with two attached hydrogens (primary N) is 1. The lowest BCUT2D eigenvalue weighted by molar-refractivity contribution is -0.384. The number of hydrogen-bond acceptors (Lipinski definition) is 6. The molecule has 0 saturated heterocycles. The lowest BCUT2D eigenvalue weighted by Gasteiger charge is -2.07. The third-order valence-corrected chi connectivity index (χ3v) is 2.54. The molecule has 0 unspecified atom stereocenters. The van der Waals surface area contributed by atoms with Crippen LogP contribution < -0.4 is 15.2 Å². The van der Waals surface area contributed by atoms with Crippen LogP contribution in [0.5, 0.6) is 11.6 Å². The predicted octanol–water partition coefficient (Wildman–Crippen LogP) is 2.16. The molecule has 1 aromatic heterocycles. The summed E-state index contributed by atoms with van der Waals surface area (Å²) in [6.07, 6.45) is 0. The van der Waals surface area contributed by atoms with Gasteiger partial charge in [-0.25, -0.2) is 0 Å². The molecule has 0 spiro atoms. The minimum Gasteiger partial charge on any atom is -0.497 e. The number of nitrogen functional groups attached to an aromatic ring is 1. The number of pyridine rings is 1. The van der Waals surface area contributed by atoms with E-state index >= 15 is 0 Å². The van der Waals surface area contributed by atoms with Crippen LogP contribution in [0, 0.1) is 10.1 Å². The summed E-state index contributed by atoms with van der Waals surface area (Å²) < 4.78 is 10.5. The molecule has 7 nitrogen and oxygen atoms in total. The Morgan fingerprint density at radius 1 is 1.35 bits per heavy atom. The van der Waals surface area contributed by atoms with Crippen LogP contribution in [0.2, 0.25) is 0 Å². The monoisotopic (exact) mass is 275 g/mol. The topological polar surface area (TPSA) is 101 Å². The third kappa shape index (κ3) is 3.35. The molecule has 2 rings (SSSR count). The summed E-state index contributed by atoms with van der Waals surface area (Å²) in [6.45, 7) is 0.213. The van der Waals surface area contributed by atoms with Gasteiger partial charge < -0.3 is 15.2 Å². The highest BCUT2D eigenvalue weighted by Gasteiger charge is 2.10. The Bertz CT molecular complexity index is 631. The van der Waals surface area contributed by atoms with Crippen molar-refractivity contribution in [1.82, 2.24) is 4.98 Å². The zero-order chi connectivity index (χ0) is 14.5. The number of benzene rings is 1. The molecule has 0 aliphatic heterocycles. The Hall–Kier alpha value is -2.83. The predicted molar refractivity (Wildman–Crippen MR) is 72.6 cm³/mol. The van der Waals surface area contributed by atoms with Crippen molar-refractivity contribution in [2.24, 2.45) is 0 Å². The lowest BCUT2D eigenvalue weighted by Crippen LogP contribution is -2.01. The lowest BCUT2D eigenvalue weighted by atomic mass is 10.2. The van der Waals surface area contributed by atoms with Gasteiger partial charge in [-0.05, 0) is 17.7 Å². The molecule has 1 aromatic carbocycles. The van der Waals surface area contributed by atoms with Crippen molar-refractivity contribution < 1.29 is 14.4 Å². The first-order chi connectivity index (χ1) is 9.58. The molecule has 0 fully saturated rings. The van der Waals surface area contributed by atoms with Crippen LogP contribution in [0.25, 0.3) is 0 Å². The molecule has 7 heteroatoms. The summed E-state index contributed by atoms with van der Waals surface area (Å²) in [4.78, 5) is 14.1. The summed E-state index contributed by atoms with van der Waals surface area (Å²) in [6, 6.07) is 9.71. The minimum atomic E-state index is -0.545. The summed E-state index contributed by atoms with van der Waals surface area (Å²) in [7, 11) is 1.57. The number of methoxy groups -OCH3 is 1. The van der Waals surface area contributed by atoms with E-state index in [1.807, 2.05) is 18.2 Å². The Balaban J connectivity index is 2.12. The Morgan fingerprint density at radius 3 is 2.85 bits per heavy atom. The van der Waals surface area contributed by atoms with Crippen LogP contribution in [0.1, 0.15) is 5.56 Å². The van der Waals surface area contributed by atoms with E-state index in [9.17, 15) is 10.1 Å². The molecule has 104 valence electrons. The number of anilines is 1. The maximum atomic E-state index is 10.7. The van der Waals surface area contributed by atoms with Gasteiger partial charge in [0.25, 0.3) is 5.69 Å². The second-order valence-corrected chi connectivity index (χ2v) is 3.99. The summed E-state index contributed by atoms with van der Waals surface area (Å²) in [5.74, 6) is 0.858. The molecule has 0 amide bonds. The highest BCUT2D eigenvalue weighted by Crippen LogP contribution is 2.21. The zero-order valence-corrected chi connectivity index (χ0v) is 10.8. The van der Waals surface area contributed by atoms with Gasteiger partial charge in [0.15, 0.2) is 0 Å². The molecular formula is C13H13N3O4. The van der Waals surface area contributed by atoms with Crippen molar-refractivity contribution in [2.75, 3.05) is 12.8 Å². The van der Waals surface area contributed by atoms with Crippen LogP contribution in [0.3, 0.4) is 0 Å². The van der Waals surface area contributed by atoms with E-state index in [1.54, 1.807) is 13.2 Å². The minimum absolute atomic E-state index is 0.0415. The molecule has 0 aliphatic rings. The van der Waals surface area contributed by atoms with E-state index in [-0.39, 0.29) is 24.0 Å². The normalized spacial score (nSPS) is 10.1. The molecule has 2 aromatic rings.